The number of fused-ring (bicyclic) bond motifs is 1. The van der Waals surface area contributed by atoms with Gasteiger partial charge in [-0.2, -0.15) is 0 Å². The lowest BCUT2D eigenvalue weighted by molar-refractivity contribution is -0.115. The summed E-state index contributed by atoms with van der Waals surface area (Å²) in [4.78, 5) is 12.4. The monoisotopic (exact) mass is 330 g/mol. The van der Waals surface area contributed by atoms with Crippen molar-refractivity contribution in [1.82, 2.24) is 5.16 Å². The number of anilines is 1. The van der Waals surface area contributed by atoms with Crippen molar-refractivity contribution < 1.29 is 18.8 Å². The molecule has 0 aliphatic carbocycles. The fourth-order valence-corrected chi connectivity index (χ4v) is 2.92. The molecule has 24 heavy (non-hydrogen) atoms. The van der Waals surface area contributed by atoms with E-state index in [-0.39, 0.29) is 18.4 Å². The Bertz CT molecular complexity index is 747. The van der Waals surface area contributed by atoms with Gasteiger partial charge in [-0.15, -0.1) is 0 Å². The van der Waals surface area contributed by atoms with Gasteiger partial charge in [0, 0.05) is 23.6 Å². The van der Waals surface area contributed by atoms with Crippen molar-refractivity contribution in [2.75, 3.05) is 11.9 Å². The SMILES string of the molecule is CCOc1cc2c(cc1NC(=O)Cc1c(C)noc1C)OC(C)C2. The van der Waals surface area contributed by atoms with Crippen LogP contribution in [0.25, 0.3) is 0 Å². The predicted molar refractivity (Wildman–Crippen MR) is 89.7 cm³/mol. The Labute approximate surface area is 141 Å². The van der Waals surface area contributed by atoms with Gasteiger partial charge in [0.15, 0.2) is 0 Å². The van der Waals surface area contributed by atoms with E-state index >= 15 is 0 Å². The van der Waals surface area contributed by atoms with Crippen LogP contribution in [0.3, 0.4) is 0 Å². The van der Waals surface area contributed by atoms with Crippen LogP contribution in [0.1, 0.15) is 36.4 Å². The second-order valence-electron chi connectivity index (χ2n) is 6.05. The van der Waals surface area contributed by atoms with E-state index in [0.29, 0.717) is 23.8 Å². The average molecular weight is 330 g/mol. The number of hydrogen-bond acceptors (Lipinski definition) is 5. The molecule has 1 amide bonds. The van der Waals surface area contributed by atoms with Crippen molar-refractivity contribution in [1.29, 1.82) is 0 Å². The maximum absolute atomic E-state index is 12.4. The van der Waals surface area contributed by atoms with E-state index in [2.05, 4.69) is 10.5 Å². The summed E-state index contributed by atoms with van der Waals surface area (Å²) in [7, 11) is 0. The highest BCUT2D eigenvalue weighted by Gasteiger charge is 2.23. The van der Waals surface area contributed by atoms with Crippen molar-refractivity contribution in [3.63, 3.8) is 0 Å². The van der Waals surface area contributed by atoms with Gasteiger partial charge < -0.3 is 19.3 Å². The minimum absolute atomic E-state index is 0.141. The van der Waals surface area contributed by atoms with E-state index in [1.54, 1.807) is 6.92 Å². The molecule has 1 aliphatic rings. The summed E-state index contributed by atoms with van der Waals surface area (Å²) in [6.45, 7) is 8.11. The van der Waals surface area contributed by atoms with Gasteiger partial charge in [-0.25, -0.2) is 0 Å². The first kappa shape index (κ1) is 16.4. The number of aryl methyl sites for hydroxylation is 2. The van der Waals surface area contributed by atoms with Crippen LogP contribution in [0.4, 0.5) is 5.69 Å². The molecule has 6 nitrogen and oxygen atoms in total. The molecular formula is C18H22N2O4. The predicted octanol–water partition coefficient (Wildman–Crippen LogP) is 3.19. The molecule has 0 bridgehead atoms. The molecule has 2 aromatic rings. The zero-order valence-corrected chi connectivity index (χ0v) is 14.4. The lowest BCUT2D eigenvalue weighted by atomic mass is 10.1. The molecule has 2 heterocycles. The zero-order chi connectivity index (χ0) is 17.3. The Morgan fingerprint density at radius 3 is 2.88 bits per heavy atom. The normalized spacial score (nSPS) is 15.8. The first-order valence-corrected chi connectivity index (χ1v) is 8.16. The minimum atomic E-state index is -0.142. The van der Waals surface area contributed by atoms with E-state index in [0.717, 1.165) is 29.0 Å². The van der Waals surface area contributed by atoms with E-state index in [4.69, 9.17) is 14.0 Å². The van der Waals surface area contributed by atoms with Gasteiger partial charge in [0.1, 0.15) is 23.4 Å². The molecule has 0 saturated heterocycles. The standard InChI is InChI=1S/C18H22N2O4/c1-5-22-17-7-13-6-10(2)23-16(13)9-15(17)19-18(21)8-14-11(3)20-24-12(14)4/h7,9-10H,5-6,8H2,1-4H3,(H,19,21). The smallest absolute Gasteiger partial charge is 0.229 e. The number of carbonyl (C=O) groups excluding carboxylic acids is 1. The Kier molecular flexibility index (Phi) is 4.46. The Morgan fingerprint density at radius 2 is 2.21 bits per heavy atom. The Hall–Kier alpha value is -2.50. The van der Waals surface area contributed by atoms with Gasteiger partial charge in [-0.05, 0) is 33.8 Å². The topological polar surface area (TPSA) is 73.6 Å². The average Bonchev–Trinajstić information content (AvgIpc) is 3.03. The molecule has 6 heteroatoms. The molecule has 3 rings (SSSR count). The van der Waals surface area contributed by atoms with Crippen LogP contribution in [-0.2, 0) is 17.6 Å². The maximum atomic E-state index is 12.4. The van der Waals surface area contributed by atoms with Crippen LogP contribution in [0.15, 0.2) is 16.7 Å². The number of rotatable bonds is 5. The third kappa shape index (κ3) is 3.22. The fraction of sp³-hybridized carbons (Fsp3) is 0.444. The molecule has 1 atom stereocenters. The van der Waals surface area contributed by atoms with Gasteiger partial charge in [0.05, 0.1) is 24.4 Å². The van der Waals surface area contributed by atoms with Gasteiger partial charge >= 0.3 is 0 Å². The molecule has 0 radical (unpaired) electrons. The Balaban J connectivity index is 1.81. The van der Waals surface area contributed by atoms with Crippen molar-refractivity contribution in [2.24, 2.45) is 0 Å². The fourth-order valence-electron chi connectivity index (χ4n) is 2.92. The van der Waals surface area contributed by atoms with E-state index < -0.39 is 0 Å². The summed E-state index contributed by atoms with van der Waals surface area (Å²) in [5.74, 6) is 2.00. The van der Waals surface area contributed by atoms with E-state index in [1.165, 1.54) is 0 Å². The quantitative estimate of drug-likeness (QED) is 0.911. The van der Waals surface area contributed by atoms with Crippen LogP contribution in [-0.4, -0.2) is 23.8 Å². The van der Waals surface area contributed by atoms with Crippen LogP contribution < -0.4 is 14.8 Å². The number of carbonyl (C=O) groups is 1. The Morgan fingerprint density at radius 1 is 1.42 bits per heavy atom. The largest absolute Gasteiger partial charge is 0.492 e. The highest BCUT2D eigenvalue weighted by Crippen LogP contribution is 2.38. The molecule has 0 fully saturated rings. The summed E-state index contributed by atoms with van der Waals surface area (Å²) in [5.41, 5.74) is 3.28. The van der Waals surface area contributed by atoms with Gasteiger partial charge in [0.25, 0.3) is 0 Å². The second kappa shape index (κ2) is 6.55. The van der Waals surface area contributed by atoms with Gasteiger partial charge in [0.2, 0.25) is 5.91 Å². The first-order chi connectivity index (χ1) is 11.5. The van der Waals surface area contributed by atoms with Gasteiger partial charge in [-0.1, -0.05) is 5.16 Å². The first-order valence-electron chi connectivity index (χ1n) is 8.16. The molecule has 1 unspecified atom stereocenters. The summed E-state index contributed by atoms with van der Waals surface area (Å²) in [6.07, 6.45) is 1.20. The van der Waals surface area contributed by atoms with Crippen molar-refractivity contribution in [2.45, 2.75) is 46.6 Å². The van der Waals surface area contributed by atoms with Gasteiger partial charge in [-0.3, -0.25) is 4.79 Å². The molecule has 1 N–H and O–H groups in total. The summed E-state index contributed by atoms with van der Waals surface area (Å²) in [5, 5.41) is 6.80. The van der Waals surface area contributed by atoms with Crippen molar-refractivity contribution in [3.05, 3.63) is 34.7 Å². The molecule has 1 aromatic carbocycles. The number of hydrogen-bond donors (Lipinski definition) is 1. The molecule has 0 spiro atoms. The number of amides is 1. The highest BCUT2D eigenvalue weighted by atomic mass is 16.5. The molecule has 1 aliphatic heterocycles. The number of ether oxygens (including phenoxy) is 2. The summed E-state index contributed by atoms with van der Waals surface area (Å²) in [6, 6.07) is 3.79. The number of benzene rings is 1. The third-order valence-corrected chi connectivity index (χ3v) is 4.09. The van der Waals surface area contributed by atoms with Crippen molar-refractivity contribution in [3.8, 4) is 11.5 Å². The number of nitrogens with zero attached hydrogens (tertiary/aromatic N) is 1. The summed E-state index contributed by atoms with van der Waals surface area (Å²) >= 11 is 0. The van der Waals surface area contributed by atoms with E-state index in [1.807, 2.05) is 32.9 Å². The molecule has 128 valence electrons. The maximum Gasteiger partial charge on any atom is 0.229 e. The van der Waals surface area contributed by atoms with Crippen LogP contribution in [0, 0.1) is 13.8 Å². The van der Waals surface area contributed by atoms with Crippen LogP contribution in [0.5, 0.6) is 11.5 Å². The second-order valence-corrected chi connectivity index (χ2v) is 6.05. The third-order valence-electron chi connectivity index (χ3n) is 4.09. The summed E-state index contributed by atoms with van der Waals surface area (Å²) < 4.78 is 16.6. The van der Waals surface area contributed by atoms with E-state index in [9.17, 15) is 4.79 Å². The molecular weight excluding hydrogens is 308 g/mol. The highest BCUT2D eigenvalue weighted by molar-refractivity contribution is 5.94. The zero-order valence-electron chi connectivity index (χ0n) is 14.4. The number of nitrogens with one attached hydrogen (secondary N) is 1. The lowest BCUT2D eigenvalue weighted by Gasteiger charge is -2.13. The molecule has 1 aromatic heterocycles. The van der Waals surface area contributed by atoms with Crippen molar-refractivity contribution >= 4 is 11.6 Å². The van der Waals surface area contributed by atoms with Crippen LogP contribution in [0.2, 0.25) is 0 Å². The minimum Gasteiger partial charge on any atom is -0.492 e. The molecule has 0 saturated carbocycles. The lowest BCUT2D eigenvalue weighted by Crippen LogP contribution is -2.16. The van der Waals surface area contributed by atoms with Crippen LogP contribution >= 0.6 is 0 Å². The number of aromatic nitrogens is 1.